The SMILES string of the molecule is CCC(=Cc1ccc2c(c1OC)OCCO2)C(=O)c1ccc(N)c(N(C)C)c1. The van der Waals surface area contributed by atoms with Crippen molar-refractivity contribution in [3.63, 3.8) is 0 Å². The van der Waals surface area contributed by atoms with Crippen LogP contribution in [0.1, 0.15) is 29.3 Å². The van der Waals surface area contributed by atoms with Gasteiger partial charge in [0, 0.05) is 30.8 Å². The summed E-state index contributed by atoms with van der Waals surface area (Å²) in [5, 5.41) is 0. The van der Waals surface area contributed by atoms with Gasteiger partial charge in [-0.25, -0.2) is 0 Å². The number of rotatable bonds is 6. The fraction of sp³-hybridized carbons (Fsp3) is 0.318. The molecule has 1 aliphatic heterocycles. The van der Waals surface area contributed by atoms with Crippen LogP contribution in [0.25, 0.3) is 6.08 Å². The highest BCUT2D eigenvalue weighted by Crippen LogP contribution is 2.42. The molecular weight excluding hydrogens is 356 g/mol. The number of nitrogens with zero attached hydrogens (tertiary/aromatic N) is 1. The second-order valence-electron chi connectivity index (χ2n) is 6.73. The molecule has 2 aromatic rings. The molecule has 6 nitrogen and oxygen atoms in total. The molecular formula is C22H26N2O4. The Balaban J connectivity index is 2.01. The molecule has 0 atom stereocenters. The molecule has 6 heteroatoms. The minimum Gasteiger partial charge on any atom is -0.492 e. The maximum atomic E-state index is 13.1. The van der Waals surface area contributed by atoms with Crippen LogP contribution in [0.4, 0.5) is 11.4 Å². The average Bonchev–Trinajstić information content (AvgIpc) is 2.71. The number of allylic oxidation sites excluding steroid dienone is 1. The zero-order valence-electron chi connectivity index (χ0n) is 16.7. The Morgan fingerprint density at radius 2 is 1.96 bits per heavy atom. The first-order chi connectivity index (χ1) is 13.5. The molecule has 0 radical (unpaired) electrons. The van der Waals surface area contributed by atoms with E-state index in [9.17, 15) is 4.79 Å². The van der Waals surface area contributed by atoms with Gasteiger partial charge in [0.1, 0.15) is 13.2 Å². The van der Waals surface area contributed by atoms with Gasteiger partial charge in [-0.1, -0.05) is 6.92 Å². The first-order valence-corrected chi connectivity index (χ1v) is 9.25. The lowest BCUT2D eigenvalue weighted by atomic mass is 9.97. The highest BCUT2D eigenvalue weighted by atomic mass is 16.6. The molecule has 0 fully saturated rings. The lowest BCUT2D eigenvalue weighted by molar-refractivity contribution is 0.103. The third-order valence-corrected chi connectivity index (χ3v) is 4.67. The van der Waals surface area contributed by atoms with Crippen molar-refractivity contribution in [1.29, 1.82) is 0 Å². The minimum absolute atomic E-state index is 0.0393. The molecule has 2 aromatic carbocycles. The summed E-state index contributed by atoms with van der Waals surface area (Å²) in [7, 11) is 5.38. The van der Waals surface area contributed by atoms with Crippen molar-refractivity contribution in [2.45, 2.75) is 13.3 Å². The van der Waals surface area contributed by atoms with Gasteiger partial charge in [-0.2, -0.15) is 0 Å². The number of benzene rings is 2. The number of carbonyl (C=O) groups is 1. The molecule has 28 heavy (non-hydrogen) atoms. The molecule has 3 rings (SSSR count). The highest BCUT2D eigenvalue weighted by molar-refractivity contribution is 6.12. The zero-order valence-corrected chi connectivity index (χ0v) is 16.7. The zero-order chi connectivity index (χ0) is 20.3. The second-order valence-corrected chi connectivity index (χ2v) is 6.73. The van der Waals surface area contributed by atoms with E-state index in [0.29, 0.717) is 53.7 Å². The maximum Gasteiger partial charge on any atom is 0.204 e. The summed E-state index contributed by atoms with van der Waals surface area (Å²) < 4.78 is 16.9. The van der Waals surface area contributed by atoms with Crippen LogP contribution in [-0.4, -0.2) is 40.2 Å². The van der Waals surface area contributed by atoms with E-state index in [1.54, 1.807) is 19.2 Å². The minimum atomic E-state index is -0.0393. The summed E-state index contributed by atoms with van der Waals surface area (Å²) in [4.78, 5) is 15.0. The first kappa shape index (κ1) is 19.6. The summed E-state index contributed by atoms with van der Waals surface area (Å²) in [5.41, 5.74) is 9.52. The maximum absolute atomic E-state index is 13.1. The summed E-state index contributed by atoms with van der Waals surface area (Å²) in [6.45, 7) is 2.93. The highest BCUT2D eigenvalue weighted by Gasteiger charge is 2.21. The standard InChI is InChI=1S/C22H26N2O4/c1-5-14(20(25)15-6-8-17(23)18(13-15)24(2)3)12-16-7-9-19-22(21(16)26-4)28-11-10-27-19/h6-9,12-13H,5,10-11,23H2,1-4H3. The van der Waals surface area contributed by atoms with E-state index < -0.39 is 0 Å². The Bertz CT molecular complexity index is 919. The number of hydrogen-bond donors (Lipinski definition) is 1. The van der Waals surface area contributed by atoms with Gasteiger partial charge >= 0.3 is 0 Å². The number of fused-ring (bicyclic) bond motifs is 1. The van der Waals surface area contributed by atoms with E-state index >= 15 is 0 Å². The second kappa shape index (κ2) is 8.25. The third kappa shape index (κ3) is 3.76. The molecule has 0 spiro atoms. The summed E-state index contributed by atoms with van der Waals surface area (Å²) in [6, 6.07) is 9.06. The van der Waals surface area contributed by atoms with Gasteiger partial charge in [-0.15, -0.1) is 0 Å². The van der Waals surface area contributed by atoms with E-state index in [1.165, 1.54) is 0 Å². The predicted molar refractivity (Wildman–Crippen MR) is 112 cm³/mol. The van der Waals surface area contributed by atoms with Crippen LogP contribution in [-0.2, 0) is 0 Å². The average molecular weight is 382 g/mol. The summed E-state index contributed by atoms with van der Waals surface area (Å²) >= 11 is 0. The van der Waals surface area contributed by atoms with Crippen molar-refractivity contribution >= 4 is 23.2 Å². The smallest absolute Gasteiger partial charge is 0.204 e. The Kier molecular flexibility index (Phi) is 5.78. The molecule has 0 unspecified atom stereocenters. The van der Waals surface area contributed by atoms with Crippen LogP contribution in [0.2, 0.25) is 0 Å². The van der Waals surface area contributed by atoms with Crippen LogP contribution < -0.4 is 24.8 Å². The first-order valence-electron chi connectivity index (χ1n) is 9.25. The number of hydrogen-bond acceptors (Lipinski definition) is 6. The van der Waals surface area contributed by atoms with Crippen LogP contribution in [0.3, 0.4) is 0 Å². The number of nitrogen functional groups attached to an aromatic ring is 1. The number of nitrogens with two attached hydrogens (primary N) is 1. The molecule has 0 aliphatic carbocycles. The lowest BCUT2D eigenvalue weighted by Gasteiger charge is -2.21. The molecule has 2 N–H and O–H groups in total. The molecule has 1 heterocycles. The number of carbonyl (C=O) groups excluding carboxylic acids is 1. The van der Waals surface area contributed by atoms with Gasteiger partial charge in [0.05, 0.1) is 18.5 Å². The topological polar surface area (TPSA) is 74.0 Å². The normalized spacial score (nSPS) is 13.2. The van der Waals surface area contributed by atoms with Crippen LogP contribution in [0, 0.1) is 0 Å². The van der Waals surface area contributed by atoms with Gasteiger partial charge < -0.3 is 24.8 Å². The fourth-order valence-electron chi connectivity index (χ4n) is 3.20. The number of methoxy groups -OCH3 is 1. The Morgan fingerprint density at radius 1 is 1.21 bits per heavy atom. The molecule has 0 aromatic heterocycles. The Labute approximate surface area is 165 Å². The quantitative estimate of drug-likeness (QED) is 0.465. The van der Waals surface area contributed by atoms with Crippen molar-refractivity contribution < 1.29 is 19.0 Å². The summed E-state index contributed by atoms with van der Waals surface area (Å²) in [5.74, 6) is 1.76. The number of Topliss-reactive ketones (excluding diaryl/α,β-unsaturated/α-hetero) is 1. The van der Waals surface area contributed by atoms with Gasteiger partial charge in [-0.05, 0) is 42.8 Å². The van der Waals surface area contributed by atoms with E-state index in [2.05, 4.69) is 0 Å². The monoisotopic (exact) mass is 382 g/mol. The molecule has 0 saturated carbocycles. The molecule has 148 valence electrons. The Hall–Kier alpha value is -3.15. The van der Waals surface area contributed by atoms with Crippen molar-refractivity contribution in [2.75, 3.05) is 45.1 Å². The third-order valence-electron chi connectivity index (χ3n) is 4.67. The summed E-state index contributed by atoms with van der Waals surface area (Å²) in [6.07, 6.45) is 2.43. The van der Waals surface area contributed by atoms with Crippen molar-refractivity contribution in [2.24, 2.45) is 0 Å². The van der Waals surface area contributed by atoms with E-state index in [1.807, 2.05) is 50.2 Å². The van der Waals surface area contributed by atoms with E-state index in [-0.39, 0.29) is 5.78 Å². The van der Waals surface area contributed by atoms with Crippen molar-refractivity contribution in [3.05, 3.63) is 47.0 Å². The molecule has 0 bridgehead atoms. The predicted octanol–water partition coefficient (Wildman–Crippen LogP) is 3.79. The van der Waals surface area contributed by atoms with Crippen LogP contribution in [0.15, 0.2) is 35.9 Å². The number of anilines is 2. The molecule has 0 saturated heterocycles. The van der Waals surface area contributed by atoms with Crippen LogP contribution in [0.5, 0.6) is 17.2 Å². The van der Waals surface area contributed by atoms with Gasteiger partial charge in [0.15, 0.2) is 17.3 Å². The van der Waals surface area contributed by atoms with Gasteiger partial charge in [0.25, 0.3) is 0 Å². The lowest BCUT2D eigenvalue weighted by Crippen LogP contribution is -2.16. The van der Waals surface area contributed by atoms with Crippen LogP contribution >= 0.6 is 0 Å². The van der Waals surface area contributed by atoms with Gasteiger partial charge in [0.2, 0.25) is 5.75 Å². The molecule has 0 amide bonds. The number of ether oxygens (including phenoxy) is 3. The fourth-order valence-corrected chi connectivity index (χ4v) is 3.20. The van der Waals surface area contributed by atoms with Crippen molar-refractivity contribution in [3.8, 4) is 17.2 Å². The van der Waals surface area contributed by atoms with E-state index in [4.69, 9.17) is 19.9 Å². The van der Waals surface area contributed by atoms with E-state index in [0.717, 1.165) is 11.3 Å². The van der Waals surface area contributed by atoms with Gasteiger partial charge in [-0.3, -0.25) is 4.79 Å². The molecule has 1 aliphatic rings. The largest absolute Gasteiger partial charge is 0.492 e. The van der Waals surface area contributed by atoms with Crippen molar-refractivity contribution in [1.82, 2.24) is 0 Å². The Morgan fingerprint density at radius 3 is 2.64 bits per heavy atom. The number of ketones is 1.